The number of aromatic nitrogens is 3. The van der Waals surface area contributed by atoms with Crippen molar-refractivity contribution in [1.82, 2.24) is 14.6 Å². The number of imidazole rings is 1. The van der Waals surface area contributed by atoms with Crippen LogP contribution in [0.5, 0.6) is 0 Å². The molecule has 0 aliphatic heterocycles. The highest BCUT2D eigenvalue weighted by atomic mass is 16.4. The maximum Gasteiger partial charge on any atom is 0.239 e. The molecule has 1 N–H and O–H groups in total. The fourth-order valence-electron chi connectivity index (χ4n) is 2.74. The van der Waals surface area contributed by atoms with Gasteiger partial charge in [-0.05, 0) is 19.1 Å². The number of benzene rings is 2. The number of hydrogen-bond acceptors (Lipinski definition) is 4. The molecule has 0 saturated heterocycles. The summed E-state index contributed by atoms with van der Waals surface area (Å²) in [5, 5.41) is 0. The third-order valence-corrected chi connectivity index (χ3v) is 4.15. The Morgan fingerprint density at radius 2 is 1.92 bits per heavy atom. The summed E-state index contributed by atoms with van der Waals surface area (Å²) in [7, 11) is 0. The standard InChI is InChI=1S/C20H18N4O2/c1-14-6-8-15(9-7-14)18-12-21-20(26-18)11-10-19(25)23-24-13-22-16-4-2-3-5-17(16)24/h2-9,12-13H,10-11H2,1H3,(H,23,25). The molecule has 4 rings (SSSR count). The van der Waals surface area contributed by atoms with Gasteiger partial charge >= 0.3 is 0 Å². The van der Waals surface area contributed by atoms with E-state index in [1.165, 1.54) is 5.56 Å². The average Bonchev–Trinajstić information content (AvgIpc) is 3.28. The number of aryl methyl sites for hydroxylation is 2. The molecule has 26 heavy (non-hydrogen) atoms. The molecule has 1 amide bonds. The van der Waals surface area contributed by atoms with Crippen LogP contribution >= 0.6 is 0 Å². The summed E-state index contributed by atoms with van der Waals surface area (Å²) in [6.07, 6.45) is 4.01. The smallest absolute Gasteiger partial charge is 0.239 e. The van der Waals surface area contributed by atoms with E-state index in [0.29, 0.717) is 18.1 Å². The second kappa shape index (κ2) is 6.84. The molecular weight excluding hydrogens is 328 g/mol. The Bertz CT molecular complexity index is 1050. The lowest BCUT2D eigenvalue weighted by Crippen LogP contribution is -2.22. The molecule has 6 heteroatoms. The number of rotatable bonds is 5. The SMILES string of the molecule is Cc1ccc(-c2cnc(CCC(=O)Nn3cnc4ccccc43)o2)cc1. The van der Waals surface area contributed by atoms with E-state index >= 15 is 0 Å². The van der Waals surface area contributed by atoms with E-state index in [-0.39, 0.29) is 12.3 Å². The predicted octanol–water partition coefficient (Wildman–Crippen LogP) is 3.70. The van der Waals surface area contributed by atoms with E-state index in [1.54, 1.807) is 17.2 Å². The van der Waals surface area contributed by atoms with Crippen LogP contribution in [-0.2, 0) is 11.2 Å². The highest BCUT2D eigenvalue weighted by molar-refractivity contribution is 5.86. The molecule has 0 atom stereocenters. The Morgan fingerprint density at radius 3 is 2.77 bits per heavy atom. The molecule has 6 nitrogen and oxygen atoms in total. The lowest BCUT2D eigenvalue weighted by atomic mass is 10.1. The number of fused-ring (bicyclic) bond motifs is 1. The minimum atomic E-state index is -0.122. The van der Waals surface area contributed by atoms with Gasteiger partial charge in [-0.2, -0.15) is 0 Å². The molecular formula is C20H18N4O2. The zero-order valence-corrected chi connectivity index (χ0v) is 14.3. The molecule has 0 aliphatic carbocycles. The third kappa shape index (κ3) is 3.35. The van der Waals surface area contributed by atoms with Crippen molar-refractivity contribution in [1.29, 1.82) is 0 Å². The van der Waals surface area contributed by atoms with Crippen LogP contribution in [-0.4, -0.2) is 20.6 Å². The molecule has 0 spiro atoms. The zero-order valence-electron chi connectivity index (χ0n) is 14.3. The first kappa shape index (κ1) is 16.1. The zero-order chi connectivity index (χ0) is 17.9. The van der Waals surface area contributed by atoms with Crippen LogP contribution in [0.3, 0.4) is 0 Å². The Morgan fingerprint density at radius 1 is 1.12 bits per heavy atom. The maximum atomic E-state index is 12.2. The summed E-state index contributed by atoms with van der Waals surface area (Å²) in [5.74, 6) is 1.13. The number of nitrogens with one attached hydrogen (secondary N) is 1. The van der Waals surface area contributed by atoms with Gasteiger partial charge in [-0.25, -0.2) is 14.6 Å². The first-order valence-electron chi connectivity index (χ1n) is 8.43. The molecule has 130 valence electrons. The van der Waals surface area contributed by atoms with Crippen molar-refractivity contribution in [2.24, 2.45) is 0 Å². The normalized spacial score (nSPS) is 11.0. The second-order valence-electron chi connectivity index (χ2n) is 6.12. The highest BCUT2D eigenvalue weighted by Gasteiger charge is 2.10. The van der Waals surface area contributed by atoms with Crippen molar-refractivity contribution in [3.05, 3.63) is 72.5 Å². The van der Waals surface area contributed by atoms with E-state index in [1.807, 2.05) is 55.5 Å². The summed E-state index contributed by atoms with van der Waals surface area (Å²) in [6, 6.07) is 15.7. The Labute approximate surface area is 150 Å². The number of oxazole rings is 1. The van der Waals surface area contributed by atoms with Crippen molar-refractivity contribution in [2.45, 2.75) is 19.8 Å². The van der Waals surface area contributed by atoms with Gasteiger partial charge in [-0.3, -0.25) is 10.2 Å². The molecule has 0 bridgehead atoms. The molecule has 0 unspecified atom stereocenters. The van der Waals surface area contributed by atoms with Gasteiger partial charge in [-0.1, -0.05) is 42.0 Å². The monoisotopic (exact) mass is 346 g/mol. The molecule has 0 radical (unpaired) electrons. The largest absolute Gasteiger partial charge is 0.441 e. The van der Waals surface area contributed by atoms with Gasteiger partial charge in [0.15, 0.2) is 11.7 Å². The minimum absolute atomic E-state index is 0.122. The lowest BCUT2D eigenvalue weighted by Gasteiger charge is -2.06. The first-order chi connectivity index (χ1) is 12.7. The van der Waals surface area contributed by atoms with Gasteiger partial charge in [-0.15, -0.1) is 0 Å². The number of carbonyl (C=O) groups excluding carboxylic acids is 1. The molecule has 4 aromatic rings. The Hall–Kier alpha value is -3.41. The third-order valence-electron chi connectivity index (χ3n) is 4.15. The molecule has 0 fully saturated rings. The average molecular weight is 346 g/mol. The fourth-order valence-corrected chi connectivity index (χ4v) is 2.74. The van der Waals surface area contributed by atoms with E-state index < -0.39 is 0 Å². The van der Waals surface area contributed by atoms with Crippen LogP contribution in [0.15, 0.2) is 65.5 Å². The molecule has 0 aliphatic rings. The summed E-state index contributed by atoms with van der Waals surface area (Å²) in [5.41, 5.74) is 6.69. The van der Waals surface area contributed by atoms with E-state index in [4.69, 9.17) is 4.42 Å². The number of nitrogens with zero attached hydrogens (tertiary/aromatic N) is 3. The lowest BCUT2D eigenvalue weighted by molar-refractivity contribution is -0.117. The van der Waals surface area contributed by atoms with Crippen molar-refractivity contribution < 1.29 is 9.21 Å². The molecule has 0 saturated carbocycles. The first-order valence-corrected chi connectivity index (χ1v) is 8.43. The summed E-state index contributed by atoms with van der Waals surface area (Å²) in [4.78, 5) is 20.7. The molecule has 2 aromatic carbocycles. The predicted molar refractivity (Wildman–Crippen MR) is 99.1 cm³/mol. The summed E-state index contributed by atoms with van der Waals surface area (Å²) < 4.78 is 7.39. The Kier molecular flexibility index (Phi) is 4.23. The minimum Gasteiger partial charge on any atom is -0.441 e. The van der Waals surface area contributed by atoms with Crippen LogP contribution in [0, 0.1) is 6.92 Å². The van der Waals surface area contributed by atoms with Crippen molar-refractivity contribution in [3.63, 3.8) is 0 Å². The van der Waals surface area contributed by atoms with Gasteiger partial charge < -0.3 is 4.42 Å². The summed E-state index contributed by atoms with van der Waals surface area (Å²) >= 11 is 0. The van der Waals surface area contributed by atoms with Crippen LogP contribution in [0.1, 0.15) is 17.9 Å². The number of amides is 1. The van der Waals surface area contributed by atoms with Gasteiger partial charge in [0.25, 0.3) is 0 Å². The molecule has 2 aromatic heterocycles. The highest BCUT2D eigenvalue weighted by Crippen LogP contribution is 2.21. The number of para-hydroxylation sites is 2. The second-order valence-corrected chi connectivity index (χ2v) is 6.12. The topological polar surface area (TPSA) is 73.0 Å². The fraction of sp³-hybridized carbons (Fsp3) is 0.150. The van der Waals surface area contributed by atoms with E-state index in [2.05, 4.69) is 15.4 Å². The van der Waals surface area contributed by atoms with Crippen LogP contribution in [0.4, 0.5) is 0 Å². The Balaban J connectivity index is 1.38. The van der Waals surface area contributed by atoms with Crippen LogP contribution in [0.2, 0.25) is 0 Å². The van der Waals surface area contributed by atoms with Crippen LogP contribution in [0.25, 0.3) is 22.4 Å². The van der Waals surface area contributed by atoms with Gasteiger partial charge in [0, 0.05) is 18.4 Å². The van der Waals surface area contributed by atoms with Gasteiger partial charge in [0.05, 0.1) is 17.2 Å². The number of carbonyl (C=O) groups is 1. The quantitative estimate of drug-likeness (QED) is 0.598. The van der Waals surface area contributed by atoms with Gasteiger partial charge in [0.1, 0.15) is 6.33 Å². The van der Waals surface area contributed by atoms with Crippen molar-refractivity contribution >= 4 is 16.9 Å². The van der Waals surface area contributed by atoms with Gasteiger partial charge in [0.2, 0.25) is 5.91 Å². The van der Waals surface area contributed by atoms with E-state index in [9.17, 15) is 4.79 Å². The van der Waals surface area contributed by atoms with Crippen molar-refractivity contribution in [3.8, 4) is 11.3 Å². The molecule has 2 heterocycles. The number of hydrogen-bond donors (Lipinski definition) is 1. The maximum absolute atomic E-state index is 12.2. The van der Waals surface area contributed by atoms with E-state index in [0.717, 1.165) is 16.6 Å². The van der Waals surface area contributed by atoms with Crippen molar-refractivity contribution in [2.75, 3.05) is 5.43 Å². The summed E-state index contributed by atoms with van der Waals surface area (Å²) in [6.45, 7) is 2.04. The van der Waals surface area contributed by atoms with Crippen LogP contribution < -0.4 is 5.43 Å².